The quantitative estimate of drug-likeness (QED) is 0.652. The average Bonchev–Trinajstić information content (AvgIpc) is 2.61. The van der Waals surface area contributed by atoms with Gasteiger partial charge in [-0.2, -0.15) is 5.10 Å². The van der Waals surface area contributed by atoms with Crippen molar-refractivity contribution in [3.63, 3.8) is 0 Å². The van der Waals surface area contributed by atoms with Gasteiger partial charge in [0.05, 0.1) is 20.4 Å². The van der Waals surface area contributed by atoms with Crippen molar-refractivity contribution in [3.8, 4) is 11.5 Å². The fraction of sp³-hybridized carbons (Fsp3) is 0.263. The van der Waals surface area contributed by atoms with Crippen LogP contribution in [0.3, 0.4) is 0 Å². The van der Waals surface area contributed by atoms with Gasteiger partial charge in [0.1, 0.15) is 11.5 Å². The molecule has 0 aromatic heterocycles. The molecule has 0 aliphatic rings. The molecular formula is C19H22N2O3. The van der Waals surface area contributed by atoms with Gasteiger partial charge in [0, 0.05) is 17.2 Å². The molecular weight excluding hydrogens is 304 g/mol. The van der Waals surface area contributed by atoms with Gasteiger partial charge in [0.25, 0.3) is 5.91 Å². The van der Waals surface area contributed by atoms with Gasteiger partial charge >= 0.3 is 0 Å². The van der Waals surface area contributed by atoms with Gasteiger partial charge in [0.15, 0.2) is 0 Å². The summed E-state index contributed by atoms with van der Waals surface area (Å²) in [5.74, 6) is 1.49. The van der Waals surface area contributed by atoms with Crippen molar-refractivity contribution in [1.82, 2.24) is 5.43 Å². The number of hydrogen-bond acceptors (Lipinski definition) is 4. The number of rotatable bonds is 6. The summed E-state index contributed by atoms with van der Waals surface area (Å²) in [5, 5.41) is 3.99. The minimum atomic E-state index is -0.256. The number of carbonyl (C=O) groups excluding carboxylic acids is 1. The first-order valence-electron chi connectivity index (χ1n) is 7.70. The summed E-state index contributed by atoms with van der Waals surface area (Å²) in [6, 6.07) is 12.9. The highest BCUT2D eigenvalue weighted by atomic mass is 16.5. The van der Waals surface area contributed by atoms with Crippen molar-refractivity contribution in [3.05, 3.63) is 59.2 Å². The first-order chi connectivity index (χ1) is 11.5. The lowest BCUT2D eigenvalue weighted by Gasteiger charge is -2.07. The molecule has 5 nitrogen and oxygen atoms in total. The van der Waals surface area contributed by atoms with Crippen LogP contribution in [0.1, 0.15) is 41.3 Å². The Morgan fingerprint density at radius 2 is 1.79 bits per heavy atom. The van der Waals surface area contributed by atoms with E-state index in [0.29, 0.717) is 23.0 Å². The first-order valence-corrected chi connectivity index (χ1v) is 7.70. The van der Waals surface area contributed by atoms with Crippen LogP contribution in [0, 0.1) is 0 Å². The second-order valence-corrected chi connectivity index (χ2v) is 5.58. The number of amides is 1. The van der Waals surface area contributed by atoms with E-state index in [-0.39, 0.29) is 5.91 Å². The van der Waals surface area contributed by atoms with Crippen LogP contribution < -0.4 is 14.9 Å². The number of methoxy groups -OCH3 is 2. The third-order valence-electron chi connectivity index (χ3n) is 3.65. The Bertz CT molecular complexity index is 722. The molecule has 0 atom stereocenters. The fourth-order valence-electron chi connectivity index (χ4n) is 2.17. The van der Waals surface area contributed by atoms with E-state index in [0.717, 1.165) is 5.56 Å². The molecule has 5 heteroatoms. The maximum absolute atomic E-state index is 12.1. The molecule has 0 saturated heterocycles. The first kappa shape index (κ1) is 17.5. The van der Waals surface area contributed by atoms with Gasteiger partial charge in [-0.05, 0) is 35.7 Å². The molecule has 2 rings (SSSR count). The normalized spacial score (nSPS) is 10.9. The summed E-state index contributed by atoms with van der Waals surface area (Å²) in [7, 11) is 3.16. The highest BCUT2D eigenvalue weighted by Gasteiger charge is 2.06. The second kappa shape index (κ2) is 8.15. The van der Waals surface area contributed by atoms with E-state index in [9.17, 15) is 4.79 Å². The summed E-state index contributed by atoms with van der Waals surface area (Å²) < 4.78 is 10.4. The van der Waals surface area contributed by atoms with Crippen LogP contribution >= 0.6 is 0 Å². The third kappa shape index (κ3) is 4.35. The Kier molecular flexibility index (Phi) is 5.95. The Labute approximate surface area is 142 Å². The molecule has 0 unspecified atom stereocenters. The predicted octanol–water partition coefficient (Wildman–Crippen LogP) is 3.59. The number of hydrogen-bond donors (Lipinski definition) is 1. The summed E-state index contributed by atoms with van der Waals surface area (Å²) in [6.07, 6.45) is 1.54. The van der Waals surface area contributed by atoms with Gasteiger partial charge in [-0.15, -0.1) is 0 Å². The fourth-order valence-corrected chi connectivity index (χ4v) is 2.17. The highest BCUT2D eigenvalue weighted by molar-refractivity contribution is 5.95. The number of benzene rings is 2. The SMILES string of the molecule is COc1ccc(C=NNC(=O)c2ccc(C(C)C)cc2)c(OC)c1. The van der Waals surface area contributed by atoms with Crippen molar-refractivity contribution >= 4 is 12.1 Å². The third-order valence-corrected chi connectivity index (χ3v) is 3.65. The van der Waals surface area contributed by atoms with Crippen molar-refractivity contribution in [1.29, 1.82) is 0 Å². The molecule has 0 heterocycles. The van der Waals surface area contributed by atoms with Crippen LogP contribution in [0.2, 0.25) is 0 Å². The number of carbonyl (C=O) groups is 1. The Morgan fingerprint density at radius 3 is 2.38 bits per heavy atom. The van der Waals surface area contributed by atoms with E-state index in [1.807, 2.05) is 18.2 Å². The van der Waals surface area contributed by atoms with Crippen molar-refractivity contribution in [2.75, 3.05) is 14.2 Å². The number of ether oxygens (including phenoxy) is 2. The molecule has 0 fully saturated rings. The summed E-state index contributed by atoms with van der Waals surface area (Å²) in [5.41, 5.74) is 5.02. The standard InChI is InChI=1S/C19H22N2O3/c1-13(2)14-5-7-15(8-6-14)19(22)21-20-12-16-9-10-17(23-3)11-18(16)24-4/h5-13H,1-4H3,(H,21,22). The van der Waals surface area contributed by atoms with Crippen LogP contribution in [-0.2, 0) is 0 Å². The van der Waals surface area contributed by atoms with E-state index in [2.05, 4.69) is 24.4 Å². The van der Waals surface area contributed by atoms with E-state index < -0.39 is 0 Å². The number of nitrogens with zero attached hydrogens (tertiary/aromatic N) is 1. The van der Waals surface area contributed by atoms with E-state index >= 15 is 0 Å². The largest absolute Gasteiger partial charge is 0.497 e. The maximum Gasteiger partial charge on any atom is 0.271 e. The lowest BCUT2D eigenvalue weighted by Crippen LogP contribution is -2.17. The lowest BCUT2D eigenvalue weighted by atomic mass is 10.0. The van der Waals surface area contributed by atoms with Crippen LogP contribution in [0.5, 0.6) is 11.5 Å². The van der Waals surface area contributed by atoms with Crippen LogP contribution in [0.15, 0.2) is 47.6 Å². The molecule has 1 N–H and O–H groups in total. The predicted molar refractivity (Wildman–Crippen MR) is 95.1 cm³/mol. The average molecular weight is 326 g/mol. The minimum absolute atomic E-state index is 0.256. The number of hydrazone groups is 1. The van der Waals surface area contributed by atoms with Gasteiger partial charge in [0.2, 0.25) is 0 Å². The van der Waals surface area contributed by atoms with Crippen LogP contribution in [0.4, 0.5) is 0 Å². The van der Waals surface area contributed by atoms with Crippen molar-refractivity contribution in [2.24, 2.45) is 5.10 Å². The van der Waals surface area contributed by atoms with Crippen LogP contribution in [-0.4, -0.2) is 26.3 Å². The van der Waals surface area contributed by atoms with Gasteiger partial charge in [-0.25, -0.2) is 5.43 Å². The van der Waals surface area contributed by atoms with E-state index in [4.69, 9.17) is 9.47 Å². The van der Waals surface area contributed by atoms with Gasteiger partial charge in [-0.1, -0.05) is 26.0 Å². The second-order valence-electron chi connectivity index (χ2n) is 5.58. The molecule has 0 aliphatic heterocycles. The zero-order chi connectivity index (χ0) is 17.5. The van der Waals surface area contributed by atoms with E-state index in [1.54, 1.807) is 44.7 Å². The lowest BCUT2D eigenvalue weighted by molar-refractivity contribution is 0.0955. The number of nitrogens with one attached hydrogen (secondary N) is 1. The summed E-state index contributed by atoms with van der Waals surface area (Å²) >= 11 is 0. The molecule has 0 aliphatic carbocycles. The molecule has 0 bridgehead atoms. The molecule has 2 aromatic carbocycles. The minimum Gasteiger partial charge on any atom is -0.497 e. The molecule has 1 amide bonds. The molecule has 0 saturated carbocycles. The summed E-state index contributed by atoms with van der Waals surface area (Å²) in [6.45, 7) is 4.23. The topological polar surface area (TPSA) is 59.9 Å². The van der Waals surface area contributed by atoms with Crippen molar-refractivity contribution < 1.29 is 14.3 Å². The Hall–Kier alpha value is -2.82. The molecule has 0 radical (unpaired) electrons. The smallest absolute Gasteiger partial charge is 0.271 e. The van der Waals surface area contributed by atoms with Crippen molar-refractivity contribution in [2.45, 2.75) is 19.8 Å². The Morgan fingerprint density at radius 1 is 1.08 bits per heavy atom. The molecule has 24 heavy (non-hydrogen) atoms. The maximum atomic E-state index is 12.1. The summed E-state index contributed by atoms with van der Waals surface area (Å²) in [4.78, 5) is 12.1. The molecule has 0 spiro atoms. The zero-order valence-corrected chi connectivity index (χ0v) is 14.4. The monoisotopic (exact) mass is 326 g/mol. The van der Waals surface area contributed by atoms with E-state index in [1.165, 1.54) is 5.56 Å². The highest BCUT2D eigenvalue weighted by Crippen LogP contribution is 2.23. The zero-order valence-electron chi connectivity index (χ0n) is 14.4. The molecule has 2 aromatic rings. The van der Waals surface area contributed by atoms with Crippen LogP contribution in [0.25, 0.3) is 0 Å². The van der Waals surface area contributed by atoms with Gasteiger partial charge in [-0.3, -0.25) is 4.79 Å². The van der Waals surface area contributed by atoms with Gasteiger partial charge < -0.3 is 9.47 Å². The molecule has 126 valence electrons. The Balaban J connectivity index is 2.04.